The second-order valence-corrected chi connectivity index (χ2v) is 8.64. The number of hydrogen-bond acceptors (Lipinski definition) is 7. The fraction of sp³-hybridized carbons (Fsp3) is 0.435. The minimum Gasteiger partial charge on any atom is -0.491 e. The van der Waals surface area contributed by atoms with Crippen LogP contribution in [0.15, 0.2) is 30.5 Å². The molecule has 3 aromatic rings. The minimum absolute atomic E-state index is 0.0543. The quantitative estimate of drug-likeness (QED) is 0.568. The van der Waals surface area contributed by atoms with E-state index in [-0.39, 0.29) is 18.1 Å². The van der Waals surface area contributed by atoms with Crippen LogP contribution < -0.4 is 20.7 Å². The number of amides is 1. The van der Waals surface area contributed by atoms with Crippen molar-refractivity contribution in [3.63, 3.8) is 0 Å². The predicted molar refractivity (Wildman–Crippen MR) is 120 cm³/mol. The van der Waals surface area contributed by atoms with Crippen LogP contribution in [0.3, 0.4) is 0 Å². The first kappa shape index (κ1) is 19.4. The van der Waals surface area contributed by atoms with Crippen molar-refractivity contribution >= 4 is 28.7 Å². The SMILES string of the molecule is CNc1cc(Nc2cccc3c2OCCC3)nn2c(C(=O)NC3C[C@@H]4CCOC34)cnc12. The molecule has 3 aliphatic rings. The average molecular weight is 435 g/mol. The Labute approximate surface area is 185 Å². The van der Waals surface area contributed by atoms with Crippen LogP contribution >= 0.6 is 0 Å². The van der Waals surface area contributed by atoms with Crippen molar-refractivity contribution in [2.75, 3.05) is 30.9 Å². The van der Waals surface area contributed by atoms with E-state index in [1.54, 1.807) is 10.7 Å². The van der Waals surface area contributed by atoms with Crippen LogP contribution in [0.5, 0.6) is 5.75 Å². The van der Waals surface area contributed by atoms with Gasteiger partial charge in [-0.05, 0) is 43.2 Å². The molecule has 1 saturated carbocycles. The number of nitrogens with zero attached hydrogens (tertiary/aromatic N) is 3. The van der Waals surface area contributed by atoms with Gasteiger partial charge in [-0.2, -0.15) is 0 Å². The molecule has 2 aliphatic heterocycles. The van der Waals surface area contributed by atoms with Crippen LogP contribution in [0.2, 0.25) is 0 Å². The van der Waals surface area contributed by atoms with Gasteiger partial charge in [0.15, 0.2) is 17.2 Å². The van der Waals surface area contributed by atoms with Gasteiger partial charge in [-0.1, -0.05) is 12.1 Å². The second kappa shape index (κ2) is 7.67. The van der Waals surface area contributed by atoms with Crippen molar-refractivity contribution in [3.8, 4) is 5.75 Å². The van der Waals surface area contributed by atoms with E-state index in [1.165, 1.54) is 5.56 Å². The lowest BCUT2D eigenvalue weighted by molar-refractivity contribution is -0.000686. The number of rotatable bonds is 5. The molecule has 1 aliphatic carbocycles. The maximum atomic E-state index is 13.0. The Hall–Kier alpha value is -3.33. The molecule has 3 atom stereocenters. The molecule has 2 fully saturated rings. The molecule has 9 heteroatoms. The first-order valence-corrected chi connectivity index (χ1v) is 11.2. The lowest BCUT2D eigenvalue weighted by atomic mass is 9.77. The molecular weight excluding hydrogens is 408 g/mol. The Morgan fingerprint density at radius 3 is 3.06 bits per heavy atom. The third-order valence-corrected chi connectivity index (χ3v) is 6.70. The molecule has 0 spiro atoms. The number of ether oxygens (including phenoxy) is 2. The van der Waals surface area contributed by atoms with E-state index in [2.05, 4.69) is 32.1 Å². The van der Waals surface area contributed by atoms with Crippen molar-refractivity contribution in [1.82, 2.24) is 19.9 Å². The maximum Gasteiger partial charge on any atom is 0.271 e. The number of aryl methyl sites for hydroxylation is 1. The van der Waals surface area contributed by atoms with Gasteiger partial charge in [0.1, 0.15) is 5.75 Å². The largest absolute Gasteiger partial charge is 0.491 e. The summed E-state index contributed by atoms with van der Waals surface area (Å²) in [6.45, 7) is 1.49. The second-order valence-electron chi connectivity index (χ2n) is 8.64. The summed E-state index contributed by atoms with van der Waals surface area (Å²) in [4.78, 5) is 17.5. The molecule has 4 heterocycles. The van der Waals surface area contributed by atoms with Gasteiger partial charge >= 0.3 is 0 Å². The fourth-order valence-electron chi connectivity index (χ4n) is 4.99. The van der Waals surface area contributed by atoms with Crippen molar-refractivity contribution in [2.24, 2.45) is 5.92 Å². The Morgan fingerprint density at radius 2 is 2.19 bits per heavy atom. The summed E-state index contributed by atoms with van der Waals surface area (Å²) >= 11 is 0. The van der Waals surface area contributed by atoms with Crippen LogP contribution in [0.25, 0.3) is 5.65 Å². The molecule has 9 nitrogen and oxygen atoms in total. The average Bonchev–Trinajstić information content (AvgIpc) is 3.40. The van der Waals surface area contributed by atoms with E-state index < -0.39 is 0 Å². The van der Waals surface area contributed by atoms with Crippen molar-refractivity contribution in [2.45, 2.75) is 37.8 Å². The Morgan fingerprint density at radius 1 is 1.25 bits per heavy atom. The summed E-state index contributed by atoms with van der Waals surface area (Å²) in [6, 6.07) is 8.02. The summed E-state index contributed by atoms with van der Waals surface area (Å²) in [7, 11) is 1.83. The highest BCUT2D eigenvalue weighted by molar-refractivity contribution is 5.94. The van der Waals surface area contributed by atoms with Gasteiger partial charge in [-0.3, -0.25) is 4.79 Å². The van der Waals surface area contributed by atoms with E-state index >= 15 is 0 Å². The highest BCUT2D eigenvalue weighted by Crippen LogP contribution is 2.39. The maximum absolute atomic E-state index is 13.0. The van der Waals surface area contributed by atoms with Crippen molar-refractivity contribution < 1.29 is 14.3 Å². The zero-order valence-corrected chi connectivity index (χ0v) is 17.9. The molecule has 1 saturated heterocycles. The van der Waals surface area contributed by atoms with Gasteiger partial charge in [0.05, 0.1) is 36.3 Å². The van der Waals surface area contributed by atoms with Gasteiger partial charge in [0.2, 0.25) is 0 Å². The smallest absolute Gasteiger partial charge is 0.271 e. The van der Waals surface area contributed by atoms with Crippen LogP contribution in [0.4, 0.5) is 17.2 Å². The summed E-state index contributed by atoms with van der Waals surface area (Å²) in [5.74, 6) is 1.85. The number of hydrogen-bond donors (Lipinski definition) is 3. The Balaban J connectivity index is 1.31. The summed E-state index contributed by atoms with van der Waals surface area (Å²) < 4.78 is 13.3. The van der Waals surface area contributed by atoms with Gasteiger partial charge in [-0.15, -0.1) is 5.10 Å². The lowest BCUT2D eigenvalue weighted by Gasteiger charge is -2.39. The normalized spacial score (nSPS) is 23.6. The van der Waals surface area contributed by atoms with Gasteiger partial charge in [0.25, 0.3) is 5.91 Å². The number of carbonyl (C=O) groups is 1. The molecule has 6 rings (SSSR count). The summed E-state index contributed by atoms with van der Waals surface area (Å²) in [6.07, 6.45) is 5.78. The zero-order chi connectivity index (χ0) is 21.7. The molecular formula is C23H26N6O3. The van der Waals surface area contributed by atoms with E-state index in [0.717, 1.165) is 49.4 Å². The fourth-order valence-corrected chi connectivity index (χ4v) is 4.99. The predicted octanol–water partition coefficient (Wildman–Crippen LogP) is 2.75. The molecule has 2 unspecified atom stereocenters. The molecule has 3 N–H and O–H groups in total. The van der Waals surface area contributed by atoms with Crippen LogP contribution in [0.1, 0.15) is 35.3 Å². The van der Waals surface area contributed by atoms with E-state index in [4.69, 9.17) is 9.47 Å². The molecule has 0 bridgehead atoms. The number of carbonyl (C=O) groups excluding carboxylic acids is 1. The first-order chi connectivity index (χ1) is 15.7. The number of para-hydroxylation sites is 1. The summed E-state index contributed by atoms with van der Waals surface area (Å²) in [5, 5.41) is 14.3. The zero-order valence-electron chi connectivity index (χ0n) is 17.9. The number of aromatic nitrogens is 3. The third kappa shape index (κ3) is 3.15. The van der Waals surface area contributed by atoms with Gasteiger partial charge < -0.3 is 25.4 Å². The standard InChI is InChI=1S/C23H26N6O3/c1-24-17-11-19(26-15-6-2-4-13-5-3-8-31-20(13)15)28-29-18(12-25-22(17)29)23(30)27-16-10-14-7-9-32-21(14)16/h2,4,6,11-12,14,16,21,24H,3,5,7-10H2,1H3,(H,26,28)(H,27,30)/t14-,16?,21?/m0/s1. The summed E-state index contributed by atoms with van der Waals surface area (Å²) in [5.41, 5.74) is 3.81. The first-order valence-electron chi connectivity index (χ1n) is 11.2. The Bertz CT molecular complexity index is 1190. The lowest BCUT2D eigenvalue weighted by Crippen LogP contribution is -2.54. The van der Waals surface area contributed by atoms with E-state index in [0.29, 0.717) is 29.7 Å². The van der Waals surface area contributed by atoms with E-state index in [1.807, 2.05) is 25.2 Å². The number of benzene rings is 1. The molecule has 166 valence electrons. The van der Waals surface area contributed by atoms with Crippen LogP contribution in [0, 0.1) is 5.92 Å². The monoisotopic (exact) mass is 434 g/mol. The minimum atomic E-state index is -0.191. The van der Waals surface area contributed by atoms with E-state index in [9.17, 15) is 4.79 Å². The molecule has 0 radical (unpaired) electrons. The number of anilines is 3. The topological polar surface area (TPSA) is 102 Å². The Kier molecular flexibility index (Phi) is 4.64. The highest BCUT2D eigenvalue weighted by atomic mass is 16.5. The van der Waals surface area contributed by atoms with Gasteiger partial charge in [0, 0.05) is 19.7 Å². The molecule has 1 amide bonds. The number of fused-ring (bicyclic) bond motifs is 3. The number of nitrogens with one attached hydrogen (secondary N) is 3. The van der Waals surface area contributed by atoms with Gasteiger partial charge in [-0.25, -0.2) is 9.50 Å². The van der Waals surface area contributed by atoms with Crippen LogP contribution in [-0.4, -0.2) is 52.9 Å². The molecule has 1 aromatic carbocycles. The van der Waals surface area contributed by atoms with Crippen molar-refractivity contribution in [3.05, 3.63) is 41.7 Å². The highest BCUT2D eigenvalue weighted by Gasteiger charge is 2.46. The third-order valence-electron chi connectivity index (χ3n) is 6.70. The molecule has 32 heavy (non-hydrogen) atoms. The molecule has 2 aromatic heterocycles. The number of imidazole rings is 1. The van der Waals surface area contributed by atoms with Crippen LogP contribution in [-0.2, 0) is 11.2 Å². The van der Waals surface area contributed by atoms with Crippen molar-refractivity contribution in [1.29, 1.82) is 0 Å².